The van der Waals surface area contributed by atoms with Crippen LogP contribution in [0.4, 0.5) is 22.7 Å². The number of sulfone groups is 2. The van der Waals surface area contributed by atoms with Crippen molar-refractivity contribution in [3.8, 4) is 22.3 Å². The van der Waals surface area contributed by atoms with Gasteiger partial charge in [-0.3, -0.25) is 29.9 Å². The third-order valence-electron chi connectivity index (χ3n) is 9.47. The number of aromatic nitrogens is 8. The van der Waals surface area contributed by atoms with Crippen molar-refractivity contribution in [1.29, 1.82) is 0 Å². The highest BCUT2D eigenvalue weighted by molar-refractivity contribution is 7.91. The lowest BCUT2D eigenvalue weighted by Crippen LogP contribution is -2.03. The van der Waals surface area contributed by atoms with E-state index in [0.29, 0.717) is 28.3 Å². The van der Waals surface area contributed by atoms with Gasteiger partial charge in [-0.15, -0.1) is 0 Å². The molecule has 0 atom stereocenters. The number of pyridine rings is 2. The average molecular weight is 821 g/mol. The number of hydrogen-bond acceptors (Lipinski definition) is 13. The zero-order valence-electron chi connectivity index (χ0n) is 32.0. The highest BCUT2D eigenvalue weighted by Gasteiger charge is 2.17. The minimum Gasteiger partial charge on any atom is -0.353 e. The van der Waals surface area contributed by atoms with Crippen LogP contribution in [-0.4, -0.2) is 69.2 Å². The number of benzene rings is 4. The van der Waals surface area contributed by atoms with Crippen molar-refractivity contribution < 1.29 is 16.8 Å². The first-order valence-corrected chi connectivity index (χ1v) is 22.1. The standard InChI is InChI=1S/C22H20N4O2S.C21H16N6O2S/c1-3-15-4-6-16(7-5-15)18-12-17(13-19-22(18)25-11-10-24-19)26-20-14-23-9-8-21(20)29(2,27)28;1-30(28,29)20-4-5-22-11-19(20)27-14-9-15(21-18(10-14)23-6-7-24-21)13-2-3-16-17(8-13)26-12-25-16/h4-14,26H,3H2,1-2H3;2-12,27H,1H3,(H,25,26). The summed E-state index contributed by atoms with van der Waals surface area (Å²) in [5.74, 6) is 0. The van der Waals surface area contributed by atoms with Crippen LogP contribution < -0.4 is 10.6 Å². The molecule has 4 aromatic carbocycles. The molecule has 0 amide bonds. The van der Waals surface area contributed by atoms with E-state index in [1.807, 2.05) is 42.5 Å². The fourth-order valence-electron chi connectivity index (χ4n) is 6.67. The van der Waals surface area contributed by atoms with Crippen molar-refractivity contribution in [2.75, 3.05) is 23.1 Å². The minimum absolute atomic E-state index is 0.178. The Morgan fingerprint density at radius 2 is 1.05 bits per heavy atom. The molecule has 9 aromatic rings. The van der Waals surface area contributed by atoms with Gasteiger partial charge >= 0.3 is 0 Å². The number of fused-ring (bicyclic) bond motifs is 3. The summed E-state index contributed by atoms with van der Waals surface area (Å²) in [5.41, 5.74) is 11.9. The molecule has 294 valence electrons. The van der Waals surface area contributed by atoms with E-state index in [-0.39, 0.29) is 9.79 Å². The first kappa shape index (κ1) is 38.7. The Bertz CT molecular complexity index is 3230. The number of aryl methyl sites for hydroxylation is 1. The smallest absolute Gasteiger partial charge is 0.177 e. The van der Waals surface area contributed by atoms with Gasteiger partial charge in [0.25, 0.3) is 0 Å². The van der Waals surface area contributed by atoms with Crippen LogP contribution in [0, 0.1) is 0 Å². The molecule has 59 heavy (non-hydrogen) atoms. The molecule has 0 fully saturated rings. The van der Waals surface area contributed by atoms with Crippen molar-refractivity contribution in [3.63, 3.8) is 0 Å². The lowest BCUT2D eigenvalue weighted by atomic mass is 10.0. The highest BCUT2D eigenvalue weighted by Crippen LogP contribution is 2.35. The molecule has 0 spiro atoms. The van der Waals surface area contributed by atoms with Crippen LogP contribution >= 0.6 is 0 Å². The molecular weight excluding hydrogens is 785 g/mol. The third kappa shape index (κ3) is 8.44. The molecule has 0 unspecified atom stereocenters. The van der Waals surface area contributed by atoms with Crippen molar-refractivity contribution in [2.45, 2.75) is 23.1 Å². The van der Waals surface area contributed by atoms with E-state index in [4.69, 9.17) is 0 Å². The fourth-order valence-corrected chi connectivity index (χ4v) is 8.29. The molecule has 0 bridgehead atoms. The molecule has 3 N–H and O–H groups in total. The summed E-state index contributed by atoms with van der Waals surface area (Å²) < 4.78 is 48.5. The number of H-pyrrole nitrogens is 1. The predicted molar refractivity (Wildman–Crippen MR) is 230 cm³/mol. The molecule has 0 radical (unpaired) electrons. The molecule has 0 saturated carbocycles. The summed E-state index contributed by atoms with van der Waals surface area (Å²) in [5, 5.41) is 6.38. The number of anilines is 4. The zero-order valence-corrected chi connectivity index (χ0v) is 33.6. The highest BCUT2D eigenvalue weighted by atomic mass is 32.2. The maximum absolute atomic E-state index is 12.1. The van der Waals surface area contributed by atoms with Crippen LogP contribution in [0.1, 0.15) is 12.5 Å². The molecule has 9 rings (SSSR count). The molecule has 0 saturated heterocycles. The maximum Gasteiger partial charge on any atom is 0.177 e. The summed E-state index contributed by atoms with van der Waals surface area (Å²) in [6.07, 6.45) is 17.5. The lowest BCUT2D eigenvalue weighted by molar-refractivity contribution is 0.600. The molecule has 5 heterocycles. The quantitative estimate of drug-likeness (QED) is 0.126. The van der Waals surface area contributed by atoms with Crippen molar-refractivity contribution in [1.82, 2.24) is 39.9 Å². The second kappa shape index (κ2) is 16.0. The number of nitrogens with zero attached hydrogens (tertiary/aromatic N) is 7. The van der Waals surface area contributed by atoms with Gasteiger partial charge in [0.2, 0.25) is 0 Å². The molecule has 0 aliphatic heterocycles. The molecule has 14 nitrogen and oxygen atoms in total. The van der Waals surface area contributed by atoms with E-state index in [1.165, 1.54) is 55.0 Å². The number of imidazole rings is 1. The summed E-state index contributed by atoms with van der Waals surface area (Å²) >= 11 is 0. The monoisotopic (exact) mass is 820 g/mol. The van der Waals surface area contributed by atoms with Gasteiger partial charge in [-0.05, 0) is 71.6 Å². The Labute approximate surface area is 339 Å². The third-order valence-corrected chi connectivity index (χ3v) is 11.8. The van der Waals surface area contributed by atoms with Crippen molar-refractivity contribution in [2.24, 2.45) is 0 Å². The van der Waals surface area contributed by atoms with Crippen LogP contribution in [-0.2, 0) is 26.1 Å². The average Bonchev–Trinajstić information content (AvgIpc) is 3.71. The molecule has 16 heteroatoms. The van der Waals surface area contributed by atoms with Gasteiger partial charge in [-0.1, -0.05) is 37.3 Å². The lowest BCUT2D eigenvalue weighted by Gasteiger charge is -2.13. The zero-order chi connectivity index (χ0) is 41.1. The number of aromatic amines is 1. The number of nitrogens with one attached hydrogen (secondary N) is 3. The fraction of sp³-hybridized carbons (Fsp3) is 0.0930. The summed E-state index contributed by atoms with van der Waals surface area (Å²) in [6, 6.07) is 24.8. The Morgan fingerprint density at radius 3 is 1.58 bits per heavy atom. The Kier molecular flexibility index (Phi) is 10.5. The van der Waals surface area contributed by atoms with Gasteiger partial charge in [0.15, 0.2) is 19.7 Å². The van der Waals surface area contributed by atoms with Gasteiger partial charge in [0, 0.05) is 72.2 Å². The molecule has 5 aromatic heterocycles. The van der Waals surface area contributed by atoms with Crippen LogP contribution in [0.5, 0.6) is 0 Å². The first-order valence-electron chi connectivity index (χ1n) is 18.3. The largest absolute Gasteiger partial charge is 0.353 e. The Balaban J connectivity index is 0.000000164. The second-order valence-electron chi connectivity index (χ2n) is 13.6. The summed E-state index contributed by atoms with van der Waals surface area (Å²) in [7, 11) is -6.81. The van der Waals surface area contributed by atoms with Gasteiger partial charge < -0.3 is 15.6 Å². The van der Waals surface area contributed by atoms with Crippen molar-refractivity contribution in [3.05, 3.63) is 140 Å². The molecule has 0 aliphatic carbocycles. The van der Waals surface area contributed by atoms with Crippen LogP contribution in [0.2, 0.25) is 0 Å². The van der Waals surface area contributed by atoms with Gasteiger partial charge in [-0.25, -0.2) is 21.8 Å². The van der Waals surface area contributed by atoms with E-state index < -0.39 is 19.7 Å². The Hall–Kier alpha value is -7.17. The molecule has 0 aliphatic rings. The topological polar surface area (TPSA) is 198 Å². The van der Waals surface area contributed by atoms with E-state index >= 15 is 0 Å². The van der Waals surface area contributed by atoms with E-state index in [0.717, 1.165) is 56.3 Å². The van der Waals surface area contributed by atoms with E-state index in [2.05, 4.69) is 81.7 Å². The second-order valence-corrected chi connectivity index (χ2v) is 17.6. The van der Waals surface area contributed by atoms with Gasteiger partial charge in [-0.2, -0.15) is 0 Å². The normalized spacial score (nSPS) is 11.6. The maximum atomic E-state index is 12.1. The SMILES string of the molecule is CCc1ccc(-c2cc(Nc3cnccc3S(C)(=O)=O)cc3nccnc23)cc1.CS(=O)(=O)c1ccncc1Nc1cc(-c2ccc3nc[nH]c3c2)c2nccnc2c1. The summed E-state index contributed by atoms with van der Waals surface area (Å²) in [6.45, 7) is 2.12. The van der Waals surface area contributed by atoms with E-state index in [1.54, 1.807) is 31.1 Å². The van der Waals surface area contributed by atoms with Crippen LogP contribution in [0.15, 0.2) is 145 Å². The van der Waals surface area contributed by atoms with Crippen molar-refractivity contribution >= 4 is 75.5 Å². The van der Waals surface area contributed by atoms with Crippen LogP contribution in [0.25, 0.3) is 55.4 Å². The number of hydrogen-bond donors (Lipinski definition) is 3. The van der Waals surface area contributed by atoms with Crippen LogP contribution in [0.3, 0.4) is 0 Å². The molecular formula is C43H36N10O4S2. The van der Waals surface area contributed by atoms with E-state index in [9.17, 15) is 16.8 Å². The minimum atomic E-state index is -3.42. The number of rotatable bonds is 9. The Morgan fingerprint density at radius 1 is 0.542 bits per heavy atom. The predicted octanol–water partition coefficient (Wildman–Crippen LogP) is 8.12. The van der Waals surface area contributed by atoms with Gasteiger partial charge in [0.1, 0.15) is 0 Å². The van der Waals surface area contributed by atoms with Gasteiger partial charge in [0.05, 0.1) is 73.0 Å². The summed E-state index contributed by atoms with van der Waals surface area (Å²) in [4.78, 5) is 33.8. The first-order chi connectivity index (χ1) is 28.4.